The molecule has 0 fully saturated rings. The van der Waals surface area contributed by atoms with E-state index in [9.17, 15) is 0 Å². The standard InChI is InChI=1S/C20H12N2/c1-2-6-17-15(4-1)20-14(12-22-17)8-7-13-9-10-18-16(19(13)20)5-3-11-21-18/h1-12H. The fraction of sp³-hybridized carbons (Fsp3) is 0. The Balaban J connectivity index is 2.19. The van der Waals surface area contributed by atoms with E-state index in [0.29, 0.717) is 0 Å². The smallest absolute Gasteiger partial charge is 0.0708 e. The van der Waals surface area contributed by atoms with Gasteiger partial charge in [0.1, 0.15) is 0 Å². The van der Waals surface area contributed by atoms with Gasteiger partial charge in [-0.3, -0.25) is 9.97 Å². The van der Waals surface area contributed by atoms with Gasteiger partial charge in [0.15, 0.2) is 0 Å². The lowest BCUT2D eigenvalue weighted by Crippen LogP contribution is -1.86. The van der Waals surface area contributed by atoms with Crippen molar-refractivity contribution in [2.24, 2.45) is 0 Å². The number of para-hydroxylation sites is 1. The number of fused-ring (bicyclic) bond motifs is 7. The fourth-order valence-corrected chi connectivity index (χ4v) is 3.33. The first-order valence-electron chi connectivity index (χ1n) is 7.36. The summed E-state index contributed by atoms with van der Waals surface area (Å²) < 4.78 is 0. The van der Waals surface area contributed by atoms with E-state index in [1.165, 1.54) is 32.3 Å². The molecule has 22 heavy (non-hydrogen) atoms. The molecule has 3 aromatic carbocycles. The second-order valence-corrected chi connectivity index (χ2v) is 5.54. The summed E-state index contributed by atoms with van der Waals surface area (Å²) in [6.45, 7) is 0. The van der Waals surface area contributed by atoms with Crippen LogP contribution in [-0.4, -0.2) is 9.97 Å². The number of rotatable bonds is 0. The van der Waals surface area contributed by atoms with Gasteiger partial charge in [0, 0.05) is 33.9 Å². The zero-order valence-corrected chi connectivity index (χ0v) is 11.8. The van der Waals surface area contributed by atoms with E-state index < -0.39 is 0 Å². The van der Waals surface area contributed by atoms with Gasteiger partial charge < -0.3 is 0 Å². The largest absolute Gasteiger partial charge is 0.256 e. The molecule has 0 atom stereocenters. The Morgan fingerprint density at radius 3 is 2.18 bits per heavy atom. The van der Waals surface area contributed by atoms with E-state index in [-0.39, 0.29) is 0 Å². The third-order valence-corrected chi connectivity index (χ3v) is 4.31. The average Bonchev–Trinajstić information content (AvgIpc) is 2.60. The van der Waals surface area contributed by atoms with Crippen molar-refractivity contribution in [2.45, 2.75) is 0 Å². The lowest BCUT2D eigenvalue weighted by atomic mass is 9.96. The summed E-state index contributed by atoms with van der Waals surface area (Å²) >= 11 is 0. The van der Waals surface area contributed by atoms with Crippen LogP contribution in [0.5, 0.6) is 0 Å². The maximum atomic E-state index is 4.58. The fourth-order valence-electron chi connectivity index (χ4n) is 3.33. The Hall–Kier alpha value is -3.00. The van der Waals surface area contributed by atoms with E-state index in [4.69, 9.17) is 0 Å². The molecular formula is C20H12N2. The van der Waals surface area contributed by atoms with Crippen molar-refractivity contribution in [3.63, 3.8) is 0 Å². The molecule has 2 nitrogen and oxygen atoms in total. The summed E-state index contributed by atoms with van der Waals surface area (Å²) in [5, 5.41) is 7.33. The lowest BCUT2D eigenvalue weighted by Gasteiger charge is -2.09. The number of nitrogens with zero attached hydrogens (tertiary/aromatic N) is 2. The summed E-state index contributed by atoms with van der Waals surface area (Å²) in [6, 6.07) is 21.0. The monoisotopic (exact) mass is 280 g/mol. The van der Waals surface area contributed by atoms with Crippen molar-refractivity contribution >= 4 is 43.4 Å². The van der Waals surface area contributed by atoms with Gasteiger partial charge in [-0.15, -0.1) is 0 Å². The number of benzene rings is 3. The maximum Gasteiger partial charge on any atom is 0.0708 e. The van der Waals surface area contributed by atoms with Crippen LogP contribution in [-0.2, 0) is 0 Å². The van der Waals surface area contributed by atoms with Gasteiger partial charge in [0.25, 0.3) is 0 Å². The van der Waals surface area contributed by atoms with Crippen molar-refractivity contribution in [1.82, 2.24) is 9.97 Å². The van der Waals surface area contributed by atoms with Gasteiger partial charge in [-0.1, -0.05) is 42.5 Å². The third kappa shape index (κ3) is 1.49. The molecule has 0 aliphatic carbocycles. The summed E-state index contributed by atoms with van der Waals surface area (Å²) in [7, 11) is 0. The van der Waals surface area contributed by atoms with Crippen molar-refractivity contribution in [3.8, 4) is 0 Å². The Bertz CT molecular complexity index is 1070. The Morgan fingerprint density at radius 2 is 1.23 bits per heavy atom. The normalized spacial score (nSPS) is 11.6. The van der Waals surface area contributed by atoms with Crippen LogP contribution in [0, 0.1) is 0 Å². The maximum absolute atomic E-state index is 4.58. The molecule has 0 saturated heterocycles. The average molecular weight is 280 g/mol. The molecule has 102 valence electrons. The van der Waals surface area contributed by atoms with Crippen LogP contribution >= 0.6 is 0 Å². The molecule has 2 aromatic heterocycles. The molecule has 0 bridgehead atoms. The van der Waals surface area contributed by atoms with Crippen LogP contribution in [0.4, 0.5) is 0 Å². The second kappa shape index (κ2) is 4.25. The minimum Gasteiger partial charge on any atom is -0.256 e. The zero-order valence-electron chi connectivity index (χ0n) is 11.8. The molecule has 2 heteroatoms. The molecule has 0 saturated carbocycles. The van der Waals surface area contributed by atoms with Crippen molar-refractivity contribution < 1.29 is 0 Å². The van der Waals surface area contributed by atoms with Crippen LogP contribution in [0.15, 0.2) is 73.1 Å². The third-order valence-electron chi connectivity index (χ3n) is 4.31. The van der Waals surface area contributed by atoms with E-state index in [1.807, 2.05) is 24.5 Å². The predicted molar refractivity (Wildman–Crippen MR) is 92.1 cm³/mol. The molecule has 0 amide bonds. The summed E-state index contributed by atoms with van der Waals surface area (Å²) in [5.74, 6) is 0. The highest BCUT2D eigenvalue weighted by atomic mass is 14.7. The quantitative estimate of drug-likeness (QED) is 0.369. The van der Waals surface area contributed by atoms with Crippen LogP contribution in [0.3, 0.4) is 0 Å². The molecule has 0 spiro atoms. The van der Waals surface area contributed by atoms with E-state index in [0.717, 1.165) is 11.0 Å². The van der Waals surface area contributed by atoms with Crippen molar-refractivity contribution in [3.05, 3.63) is 73.1 Å². The Morgan fingerprint density at radius 1 is 0.545 bits per heavy atom. The number of hydrogen-bond acceptors (Lipinski definition) is 2. The first-order valence-corrected chi connectivity index (χ1v) is 7.36. The number of hydrogen-bond donors (Lipinski definition) is 0. The predicted octanol–water partition coefficient (Wildman–Crippen LogP) is 5.09. The molecule has 5 aromatic rings. The minimum atomic E-state index is 1.03. The lowest BCUT2D eigenvalue weighted by molar-refractivity contribution is 1.42. The van der Waals surface area contributed by atoms with Crippen molar-refractivity contribution in [1.29, 1.82) is 0 Å². The van der Waals surface area contributed by atoms with Gasteiger partial charge in [-0.25, -0.2) is 0 Å². The second-order valence-electron chi connectivity index (χ2n) is 5.54. The first kappa shape index (κ1) is 11.6. The summed E-state index contributed by atoms with van der Waals surface area (Å²) in [4.78, 5) is 9.08. The van der Waals surface area contributed by atoms with Gasteiger partial charge in [0.2, 0.25) is 0 Å². The highest BCUT2D eigenvalue weighted by molar-refractivity contribution is 6.26. The van der Waals surface area contributed by atoms with E-state index >= 15 is 0 Å². The molecule has 0 aliphatic heterocycles. The van der Waals surface area contributed by atoms with Gasteiger partial charge >= 0.3 is 0 Å². The molecule has 0 unspecified atom stereocenters. The number of aromatic nitrogens is 2. The van der Waals surface area contributed by atoms with Crippen LogP contribution in [0.1, 0.15) is 0 Å². The number of pyridine rings is 2. The van der Waals surface area contributed by atoms with Gasteiger partial charge in [0.05, 0.1) is 11.0 Å². The van der Waals surface area contributed by atoms with Gasteiger partial charge in [-0.2, -0.15) is 0 Å². The van der Waals surface area contributed by atoms with Crippen LogP contribution in [0.2, 0.25) is 0 Å². The molecule has 2 heterocycles. The van der Waals surface area contributed by atoms with E-state index in [2.05, 4.69) is 58.5 Å². The zero-order chi connectivity index (χ0) is 14.5. The van der Waals surface area contributed by atoms with E-state index in [1.54, 1.807) is 0 Å². The SMILES string of the molecule is c1ccc2c(c1)ncc1ccc3ccc4ncccc4c3c12. The van der Waals surface area contributed by atoms with Crippen molar-refractivity contribution in [2.75, 3.05) is 0 Å². The molecule has 0 radical (unpaired) electrons. The topological polar surface area (TPSA) is 25.8 Å². The Labute approximate surface area is 127 Å². The van der Waals surface area contributed by atoms with Gasteiger partial charge in [-0.05, 0) is 29.0 Å². The molecule has 0 aliphatic rings. The first-order chi connectivity index (χ1) is 10.9. The summed E-state index contributed by atoms with van der Waals surface area (Å²) in [5.41, 5.74) is 2.06. The Kier molecular flexibility index (Phi) is 2.25. The highest BCUT2D eigenvalue weighted by Crippen LogP contribution is 2.34. The molecule has 0 N–H and O–H groups in total. The summed E-state index contributed by atoms with van der Waals surface area (Å²) in [6.07, 6.45) is 3.81. The highest BCUT2D eigenvalue weighted by Gasteiger charge is 2.09. The minimum absolute atomic E-state index is 1.03. The van der Waals surface area contributed by atoms with Crippen LogP contribution in [0.25, 0.3) is 43.4 Å². The van der Waals surface area contributed by atoms with Crippen LogP contribution < -0.4 is 0 Å². The molecular weight excluding hydrogens is 268 g/mol. The molecule has 5 rings (SSSR count).